The average Bonchev–Trinajstić information content (AvgIpc) is 3.29. The molecule has 0 unspecified atom stereocenters. The summed E-state index contributed by atoms with van der Waals surface area (Å²) < 4.78 is 5.34. The minimum absolute atomic E-state index is 0.127. The van der Waals surface area contributed by atoms with Crippen molar-refractivity contribution in [1.29, 1.82) is 0 Å². The summed E-state index contributed by atoms with van der Waals surface area (Å²) >= 11 is 0. The number of hydrogen-bond acceptors (Lipinski definition) is 4. The Bertz CT molecular complexity index is 739. The second-order valence-electron chi connectivity index (χ2n) is 8.45. The van der Waals surface area contributed by atoms with Crippen molar-refractivity contribution in [2.24, 2.45) is 5.92 Å². The van der Waals surface area contributed by atoms with Crippen molar-refractivity contribution in [2.75, 3.05) is 32.7 Å². The molecule has 1 N–H and O–H groups in total. The van der Waals surface area contributed by atoms with Crippen LogP contribution in [0.25, 0.3) is 0 Å². The van der Waals surface area contributed by atoms with E-state index in [0.29, 0.717) is 12.6 Å². The van der Waals surface area contributed by atoms with Gasteiger partial charge in [-0.1, -0.05) is 30.3 Å². The largest absolute Gasteiger partial charge is 0.469 e. The van der Waals surface area contributed by atoms with Crippen molar-refractivity contribution in [3.63, 3.8) is 0 Å². The van der Waals surface area contributed by atoms with Crippen LogP contribution < -0.4 is 5.32 Å². The van der Waals surface area contributed by atoms with E-state index in [1.165, 1.54) is 18.4 Å². The highest BCUT2D eigenvalue weighted by atomic mass is 16.3. The molecule has 2 aliphatic rings. The van der Waals surface area contributed by atoms with Gasteiger partial charge in [0, 0.05) is 32.1 Å². The molecule has 0 saturated carbocycles. The molecule has 2 aromatic rings. The Morgan fingerprint density at radius 2 is 1.86 bits per heavy atom. The van der Waals surface area contributed by atoms with Crippen LogP contribution in [0.3, 0.4) is 0 Å². The van der Waals surface area contributed by atoms with Gasteiger partial charge >= 0.3 is 0 Å². The molecule has 5 nitrogen and oxygen atoms in total. The van der Waals surface area contributed by atoms with Gasteiger partial charge in [-0.25, -0.2) is 0 Å². The van der Waals surface area contributed by atoms with Crippen LogP contribution in [-0.2, 0) is 17.8 Å². The Morgan fingerprint density at radius 1 is 1.03 bits per heavy atom. The van der Waals surface area contributed by atoms with Gasteiger partial charge in [0.15, 0.2) is 0 Å². The molecule has 0 bridgehead atoms. The van der Waals surface area contributed by atoms with Gasteiger partial charge in [-0.05, 0) is 63.0 Å². The number of piperidine rings is 2. The lowest BCUT2D eigenvalue weighted by Gasteiger charge is -2.42. The van der Waals surface area contributed by atoms with E-state index in [2.05, 4.69) is 45.4 Å². The molecule has 1 amide bonds. The highest BCUT2D eigenvalue weighted by Crippen LogP contribution is 2.24. The summed E-state index contributed by atoms with van der Waals surface area (Å²) in [6.07, 6.45) is 6.99. The second-order valence-corrected chi connectivity index (χ2v) is 8.45. The quantitative estimate of drug-likeness (QED) is 0.781. The fraction of sp³-hybridized carbons (Fsp3) is 0.542. The molecule has 156 valence electrons. The van der Waals surface area contributed by atoms with Crippen LogP contribution in [0, 0.1) is 5.92 Å². The van der Waals surface area contributed by atoms with Gasteiger partial charge in [0.05, 0.1) is 12.2 Å². The summed E-state index contributed by atoms with van der Waals surface area (Å²) in [4.78, 5) is 17.8. The number of amides is 1. The van der Waals surface area contributed by atoms with Crippen LogP contribution >= 0.6 is 0 Å². The number of nitrogens with one attached hydrogen (secondary N) is 1. The molecule has 1 aromatic heterocycles. The molecule has 2 fully saturated rings. The van der Waals surface area contributed by atoms with Gasteiger partial charge < -0.3 is 9.73 Å². The third kappa shape index (κ3) is 5.71. The number of rotatable bonds is 7. The lowest BCUT2D eigenvalue weighted by Crippen LogP contribution is -2.50. The molecule has 2 aliphatic heterocycles. The predicted octanol–water partition coefficient (Wildman–Crippen LogP) is 3.31. The molecule has 4 rings (SSSR count). The molecule has 0 aliphatic carbocycles. The van der Waals surface area contributed by atoms with Crippen molar-refractivity contribution in [3.8, 4) is 0 Å². The number of benzene rings is 1. The molecule has 3 heterocycles. The van der Waals surface area contributed by atoms with Crippen molar-refractivity contribution in [2.45, 2.75) is 44.7 Å². The molecular formula is C24H33N3O2. The predicted molar refractivity (Wildman–Crippen MR) is 114 cm³/mol. The lowest BCUT2D eigenvalue weighted by molar-refractivity contribution is -0.127. The molecule has 29 heavy (non-hydrogen) atoms. The van der Waals surface area contributed by atoms with Crippen LogP contribution in [-0.4, -0.2) is 54.5 Å². The van der Waals surface area contributed by atoms with Crippen LogP contribution in [0.1, 0.15) is 37.0 Å². The number of nitrogens with zero attached hydrogens (tertiary/aromatic N) is 2. The number of furan rings is 1. The first-order valence-corrected chi connectivity index (χ1v) is 11.1. The zero-order valence-corrected chi connectivity index (χ0v) is 17.3. The standard InChI is InChI=1S/C24H33N3O2/c28-24(25-13-10-23-9-5-17-29-23)21-8-4-14-27(19-21)22-11-15-26(16-12-22)18-20-6-2-1-3-7-20/h1-3,5-7,9,17,21-22H,4,8,10-16,18-19H2,(H,25,28)/t21-/m0/s1. The van der Waals surface area contributed by atoms with E-state index < -0.39 is 0 Å². The number of carbonyl (C=O) groups excluding carboxylic acids is 1. The average molecular weight is 396 g/mol. The fourth-order valence-electron chi connectivity index (χ4n) is 4.74. The maximum atomic E-state index is 12.6. The first-order chi connectivity index (χ1) is 14.3. The van der Waals surface area contributed by atoms with Crippen LogP contribution in [0.5, 0.6) is 0 Å². The molecule has 0 spiro atoms. The van der Waals surface area contributed by atoms with Crippen molar-refractivity contribution in [1.82, 2.24) is 15.1 Å². The Labute approximate surface area is 174 Å². The Balaban J connectivity index is 1.20. The first kappa shape index (κ1) is 20.2. The zero-order chi connectivity index (χ0) is 19.9. The minimum atomic E-state index is 0.127. The third-order valence-corrected chi connectivity index (χ3v) is 6.40. The van der Waals surface area contributed by atoms with Crippen molar-refractivity contribution >= 4 is 5.91 Å². The summed E-state index contributed by atoms with van der Waals surface area (Å²) in [7, 11) is 0. The molecular weight excluding hydrogens is 362 g/mol. The highest BCUT2D eigenvalue weighted by Gasteiger charge is 2.31. The van der Waals surface area contributed by atoms with Gasteiger partial charge in [-0.2, -0.15) is 0 Å². The maximum Gasteiger partial charge on any atom is 0.224 e. The summed E-state index contributed by atoms with van der Waals surface area (Å²) in [5, 5.41) is 3.11. The molecule has 1 aromatic carbocycles. The second kappa shape index (κ2) is 10.1. The van der Waals surface area contributed by atoms with Crippen LogP contribution in [0.2, 0.25) is 0 Å². The van der Waals surface area contributed by atoms with E-state index in [0.717, 1.165) is 57.7 Å². The van der Waals surface area contributed by atoms with E-state index in [4.69, 9.17) is 4.42 Å². The van der Waals surface area contributed by atoms with Crippen molar-refractivity contribution in [3.05, 3.63) is 60.1 Å². The summed E-state index contributed by atoms with van der Waals surface area (Å²) in [6, 6.07) is 15.2. The monoisotopic (exact) mass is 395 g/mol. The van der Waals surface area contributed by atoms with E-state index in [9.17, 15) is 4.79 Å². The SMILES string of the molecule is O=C(NCCc1ccco1)[C@H]1CCCN(C2CCN(Cc3ccccc3)CC2)C1. The van der Waals surface area contributed by atoms with Gasteiger partial charge in [0.1, 0.15) is 5.76 Å². The summed E-state index contributed by atoms with van der Waals surface area (Å²) in [6.45, 7) is 6.05. The maximum absolute atomic E-state index is 12.6. The van der Waals surface area contributed by atoms with E-state index >= 15 is 0 Å². The third-order valence-electron chi connectivity index (χ3n) is 6.40. The van der Waals surface area contributed by atoms with Gasteiger partial charge in [0.25, 0.3) is 0 Å². The Hall–Kier alpha value is -2.11. The van der Waals surface area contributed by atoms with E-state index in [1.807, 2.05) is 12.1 Å². The number of hydrogen-bond donors (Lipinski definition) is 1. The number of likely N-dealkylation sites (tertiary alicyclic amines) is 2. The van der Waals surface area contributed by atoms with Crippen molar-refractivity contribution < 1.29 is 9.21 Å². The lowest BCUT2D eigenvalue weighted by atomic mass is 9.93. The highest BCUT2D eigenvalue weighted by molar-refractivity contribution is 5.78. The fourth-order valence-corrected chi connectivity index (χ4v) is 4.74. The first-order valence-electron chi connectivity index (χ1n) is 11.1. The molecule has 2 saturated heterocycles. The molecule has 0 radical (unpaired) electrons. The van der Waals surface area contributed by atoms with Gasteiger partial charge in [-0.15, -0.1) is 0 Å². The molecule has 1 atom stereocenters. The minimum Gasteiger partial charge on any atom is -0.469 e. The van der Waals surface area contributed by atoms with Crippen LogP contribution in [0.4, 0.5) is 0 Å². The number of carbonyl (C=O) groups is 1. The summed E-state index contributed by atoms with van der Waals surface area (Å²) in [5.41, 5.74) is 1.40. The van der Waals surface area contributed by atoms with E-state index in [-0.39, 0.29) is 11.8 Å². The smallest absolute Gasteiger partial charge is 0.224 e. The van der Waals surface area contributed by atoms with Gasteiger partial charge in [-0.3, -0.25) is 14.6 Å². The zero-order valence-electron chi connectivity index (χ0n) is 17.3. The Kier molecular flexibility index (Phi) is 7.01. The van der Waals surface area contributed by atoms with Crippen LogP contribution in [0.15, 0.2) is 53.1 Å². The van der Waals surface area contributed by atoms with E-state index in [1.54, 1.807) is 6.26 Å². The van der Waals surface area contributed by atoms with Gasteiger partial charge in [0.2, 0.25) is 5.91 Å². The topological polar surface area (TPSA) is 48.7 Å². The Morgan fingerprint density at radius 3 is 2.62 bits per heavy atom. The normalized spacial score (nSPS) is 21.9. The summed E-state index contributed by atoms with van der Waals surface area (Å²) in [5.74, 6) is 1.27. The molecule has 5 heteroatoms.